The summed E-state index contributed by atoms with van der Waals surface area (Å²) in [6, 6.07) is 0.408. The van der Waals surface area contributed by atoms with Crippen LogP contribution in [0, 0.1) is 0 Å². The molecule has 0 radical (unpaired) electrons. The predicted molar refractivity (Wildman–Crippen MR) is 76.1 cm³/mol. The van der Waals surface area contributed by atoms with Gasteiger partial charge in [-0.3, -0.25) is 9.69 Å². The van der Waals surface area contributed by atoms with E-state index < -0.39 is 6.10 Å². The quantitative estimate of drug-likeness (QED) is 0.872. The first-order valence-electron chi connectivity index (χ1n) is 7.20. The number of hydrogen-bond acceptors (Lipinski definition) is 4. The van der Waals surface area contributed by atoms with Gasteiger partial charge in [0.05, 0.1) is 6.54 Å². The molecule has 1 N–H and O–H groups in total. The van der Waals surface area contributed by atoms with Crippen molar-refractivity contribution in [3.8, 4) is 0 Å². The van der Waals surface area contributed by atoms with Gasteiger partial charge in [-0.1, -0.05) is 0 Å². The summed E-state index contributed by atoms with van der Waals surface area (Å²) in [7, 11) is 0. The van der Waals surface area contributed by atoms with Gasteiger partial charge in [0.2, 0.25) is 0 Å². The first-order chi connectivity index (χ1) is 9.49. The second-order valence-electron chi connectivity index (χ2n) is 5.62. The molecule has 1 aromatic rings. The molecule has 0 aliphatic carbocycles. The number of aliphatic hydroxyl groups is 1. The number of carbonyl (C=O) groups is 1. The minimum atomic E-state index is -0.901. The van der Waals surface area contributed by atoms with Crippen LogP contribution in [0.25, 0.3) is 0 Å². The molecule has 0 aromatic carbocycles. The first kappa shape index (κ1) is 15.0. The molecule has 1 amide bonds. The van der Waals surface area contributed by atoms with Crippen molar-refractivity contribution < 1.29 is 9.90 Å². The van der Waals surface area contributed by atoms with Crippen LogP contribution in [0.2, 0.25) is 0 Å². The van der Waals surface area contributed by atoms with Gasteiger partial charge in [-0.25, -0.2) is 4.98 Å². The number of nitrogens with zero attached hydrogens (tertiary/aromatic N) is 4. The molecule has 2 heterocycles. The molecule has 2 rings (SSSR count). The number of amides is 1. The maximum Gasteiger partial charge on any atom is 0.251 e. The molecule has 1 atom stereocenters. The van der Waals surface area contributed by atoms with Crippen molar-refractivity contribution in [1.82, 2.24) is 19.4 Å². The SMILES string of the molecule is CC(O)C(=O)N1CCN(Cc2nccn2C(C)C)CC1. The van der Waals surface area contributed by atoms with Crippen molar-refractivity contribution >= 4 is 5.91 Å². The van der Waals surface area contributed by atoms with Crippen LogP contribution in [0.3, 0.4) is 0 Å². The van der Waals surface area contributed by atoms with Crippen LogP contribution in [0.1, 0.15) is 32.6 Å². The second-order valence-corrected chi connectivity index (χ2v) is 5.62. The summed E-state index contributed by atoms with van der Waals surface area (Å²) >= 11 is 0. The van der Waals surface area contributed by atoms with Gasteiger partial charge in [-0.15, -0.1) is 0 Å². The summed E-state index contributed by atoms with van der Waals surface area (Å²) in [6.45, 7) is 9.61. The van der Waals surface area contributed by atoms with Crippen molar-refractivity contribution in [3.63, 3.8) is 0 Å². The van der Waals surface area contributed by atoms with E-state index in [0.717, 1.165) is 25.5 Å². The zero-order valence-electron chi connectivity index (χ0n) is 12.5. The summed E-state index contributed by atoms with van der Waals surface area (Å²) in [4.78, 5) is 20.2. The van der Waals surface area contributed by atoms with Gasteiger partial charge in [0.25, 0.3) is 5.91 Å². The number of carbonyl (C=O) groups excluding carboxylic acids is 1. The molecule has 1 saturated heterocycles. The van der Waals surface area contributed by atoms with E-state index in [2.05, 4.69) is 28.3 Å². The third kappa shape index (κ3) is 3.37. The van der Waals surface area contributed by atoms with E-state index in [4.69, 9.17) is 0 Å². The molecule has 20 heavy (non-hydrogen) atoms. The molecule has 1 unspecified atom stereocenters. The Kier molecular flexibility index (Phi) is 4.77. The minimum absolute atomic E-state index is 0.173. The van der Waals surface area contributed by atoms with Gasteiger partial charge >= 0.3 is 0 Å². The molecule has 112 valence electrons. The average Bonchev–Trinajstić information content (AvgIpc) is 2.87. The van der Waals surface area contributed by atoms with Crippen molar-refractivity contribution in [1.29, 1.82) is 0 Å². The number of aromatic nitrogens is 2. The number of piperazine rings is 1. The highest BCUT2D eigenvalue weighted by Gasteiger charge is 2.24. The van der Waals surface area contributed by atoms with Crippen LogP contribution in [0.5, 0.6) is 0 Å². The van der Waals surface area contributed by atoms with Crippen LogP contribution in [-0.2, 0) is 11.3 Å². The Labute approximate surface area is 120 Å². The second kappa shape index (κ2) is 6.37. The third-order valence-corrected chi connectivity index (χ3v) is 3.71. The number of rotatable bonds is 4. The Hall–Kier alpha value is -1.40. The monoisotopic (exact) mass is 280 g/mol. The van der Waals surface area contributed by atoms with Gasteiger partial charge in [0.15, 0.2) is 0 Å². The molecule has 6 heteroatoms. The largest absolute Gasteiger partial charge is 0.384 e. The third-order valence-electron chi connectivity index (χ3n) is 3.71. The fraction of sp³-hybridized carbons (Fsp3) is 0.714. The van der Waals surface area contributed by atoms with E-state index in [1.165, 1.54) is 6.92 Å². The molecule has 1 aliphatic heterocycles. The Morgan fingerprint density at radius 2 is 1.95 bits per heavy atom. The Morgan fingerprint density at radius 1 is 1.30 bits per heavy atom. The summed E-state index contributed by atoms with van der Waals surface area (Å²) in [6.07, 6.45) is 2.94. The lowest BCUT2D eigenvalue weighted by atomic mass is 10.2. The molecular formula is C14H24N4O2. The molecule has 6 nitrogen and oxygen atoms in total. The topological polar surface area (TPSA) is 61.6 Å². The van der Waals surface area contributed by atoms with Crippen LogP contribution in [0.15, 0.2) is 12.4 Å². The maximum atomic E-state index is 11.7. The standard InChI is InChI=1S/C14H24N4O2/c1-11(2)18-5-4-15-13(18)10-16-6-8-17(9-7-16)14(20)12(3)19/h4-5,11-12,19H,6-10H2,1-3H3. The summed E-state index contributed by atoms with van der Waals surface area (Å²) < 4.78 is 2.17. The molecule has 1 fully saturated rings. The van der Waals surface area contributed by atoms with Gasteiger partial charge in [-0.2, -0.15) is 0 Å². The average molecular weight is 280 g/mol. The lowest BCUT2D eigenvalue weighted by molar-refractivity contribution is -0.141. The Bertz CT molecular complexity index is 448. The smallest absolute Gasteiger partial charge is 0.251 e. The summed E-state index contributed by atoms with van der Waals surface area (Å²) in [5.41, 5.74) is 0. The van der Waals surface area contributed by atoms with E-state index in [1.807, 2.05) is 12.4 Å². The zero-order chi connectivity index (χ0) is 14.7. The van der Waals surface area contributed by atoms with Crippen LogP contribution in [-0.4, -0.2) is 62.6 Å². The lowest BCUT2D eigenvalue weighted by Crippen LogP contribution is -2.50. The maximum absolute atomic E-state index is 11.7. The number of hydrogen-bond donors (Lipinski definition) is 1. The van der Waals surface area contributed by atoms with Crippen LogP contribution < -0.4 is 0 Å². The van der Waals surface area contributed by atoms with Crippen molar-refractivity contribution in [2.75, 3.05) is 26.2 Å². The minimum Gasteiger partial charge on any atom is -0.384 e. The molecule has 1 aliphatic rings. The normalized spacial score (nSPS) is 18.6. The van der Waals surface area contributed by atoms with E-state index in [0.29, 0.717) is 19.1 Å². The summed E-state index contributed by atoms with van der Waals surface area (Å²) in [5.74, 6) is 0.892. The first-order valence-corrected chi connectivity index (χ1v) is 7.20. The molecule has 0 spiro atoms. The van der Waals surface area contributed by atoms with E-state index in [-0.39, 0.29) is 5.91 Å². The van der Waals surface area contributed by atoms with Gasteiger partial charge in [0, 0.05) is 44.6 Å². The van der Waals surface area contributed by atoms with Crippen molar-refractivity contribution in [3.05, 3.63) is 18.2 Å². The van der Waals surface area contributed by atoms with Gasteiger partial charge in [0.1, 0.15) is 11.9 Å². The Balaban J connectivity index is 1.88. The molecule has 0 saturated carbocycles. The highest BCUT2D eigenvalue weighted by atomic mass is 16.3. The van der Waals surface area contributed by atoms with Gasteiger partial charge in [-0.05, 0) is 20.8 Å². The number of aliphatic hydroxyl groups excluding tert-OH is 1. The zero-order valence-corrected chi connectivity index (χ0v) is 12.5. The fourth-order valence-electron chi connectivity index (χ4n) is 2.53. The fourth-order valence-corrected chi connectivity index (χ4v) is 2.53. The molecule has 1 aromatic heterocycles. The lowest BCUT2D eigenvalue weighted by Gasteiger charge is -2.35. The Morgan fingerprint density at radius 3 is 2.50 bits per heavy atom. The predicted octanol–water partition coefficient (Wildman–Crippen LogP) is 0.489. The molecular weight excluding hydrogens is 256 g/mol. The van der Waals surface area contributed by atoms with E-state index in [1.54, 1.807) is 4.90 Å². The highest BCUT2D eigenvalue weighted by Crippen LogP contribution is 2.12. The van der Waals surface area contributed by atoms with E-state index in [9.17, 15) is 9.90 Å². The van der Waals surface area contributed by atoms with E-state index >= 15 is 0 Å². The summed E-state index contributed by atoms with van der Waals surface area (Å²) in [5, 5.41) is 9.33. The van der Waals surface area contributed by atoms with Crippen LogP contribution in [0.4, 0.5) is 0 Å². The van der Waals surface area contributed by atoms with Crippen molar-refractivity contribution in [2.45, 2.75) is 39.5 Å². The van der Waals surface area contributed by atoms with Crippen LogP contribution >= 0.6 is 0 Å². The van der Waals surface area contributed by atoms with Crippen molar-refractivity contribution in [2.24, 2.45) is 0 Å². The number of imidazole rings is 1. The highest BCUT2D eigenvalue weighted by molar-refractivity contribution is 5.80. The molecule has 0 bridgehead atoms. The van der Waals surface area contributed by atoms with Gasteiger partial charge < -0.3 is 14.6 Å².